The molecular weight excluding hydrogens is 278 g/mol. The summed E-state index contributed by atoms with van der Waals surface area (Å²) >= 11 is 0. The first-order chi connectivity index (χ1) is 10.3. The zero-order valence-electron chi connectivity index (χ0n) is 13.9. The molecule has 5 heteroatoms. The summed E-state index contributed by atoms with van der Waals surface area (Å²) in [5.41, 5.74) is 6.61. The number of benzene rings is 1. The van der Waals surface area contributed by atoms with Crippen LogP contribution >= 0.6 is 0 Å². The molecule has 0 bridgehead atoms. The van der Waals surface area contributed by atoms with E-state index in [1.165, 1.54) is 0 Å². The molecule has 22 heavy (non-hydrogen) atoms. The van der Waals surface area contributed by atoms with Gasteiger partial charge in [-0.2, -0.15) is 0 Å². The summed E-state index contributed by atoms with van der Waals surface area (Å²) < 4.78 is 0. The first-order valence-electron chi connectivity index (χ1n) is 7.60. The van der Waals surface area contributed by atoms with E-state index in [1.54, 1.807) is 4.90 Å². The van der Waals surface area contributed by atoms with Gasteiger partial charge in [-0.05, 0) is 17.9 Å². The lowest BCUT2D eigenvalue weighted by Crippen LogP contribution is -2.51. The largest absolute Gasteiger partial charge is 0.346 e. The molecule has 0 saturated carbocycles. The monoisotopic (exact) mass is 305 g/mol. The molecule has 1 atom stereocenters. The molecule has 0 radical (unpaired) electrons. The second-order valence-corrected chi connectivity index (χ2v) is 6.46. The van der Waals surface area contributed by atoms with Gasteiger partial charge in [0.05, 0.1) is 12.6 Å². The standard InChI is InChI=1S/C17H27N3O2/c1-5-20(12-13-9-7-6-8-10-13)14(21)11-19-16(22)15(18)17(2,3)4/h6-10,15H,5,11-12,18H2,1-4H3,(H,19,22)/t15-/m1/s1. The Morgan fingerprint density at radius 1 is 1.23 bits per heavy atom. The fraction of sp³-hybridized carbons (Fsp3) is 0.529. The first-order valence-corrected chi connectivity index (χ1v) is 7.60. The average Bonchev–Trinajstić information content (AvgIpc) is 2.49. The van der Waals surface area contributed by atoms with Gasteiger partial charge in [0.25, 0.3) is 0 Å². The number of carbonyl (C=O) groups excluding carboxylic acids is 2. The predicted molar refractivity (Wildman–Crippen MR) is 88.0 cm³/mol. The lowest BCUT2D eigenvalue weighted by molar-refractivity contribution is -0.134. The molecule has 5 nitrogen and oxygen atoms in total. The highest BCUT2D eigenvalue weighted by molar-refractivity contribution is 5.87. The average molecular weight is 305 g/mol. The van der Waals surface area contributed by atoms with E-state index >= 15 is 0 Å². The zero-order chi connectivity index (χ0) is 16.8. The molecule has 2 amide bonds. The van der Waals surface area contributed by atoms with Crippen LogP contribution in [-0.2, 0) is 16.1 Å². The van der Waals surface area contributed by atoms with Crippen LogP contribution in [0.5, 0.6) is 0 Å². The summed E-state index contributed by atoms with van der Waals surface area (Å²) in [7, 11) is 0. The van der Waals surface area contributed by atoms with Crippen LogP contribution in [0.4, 0.5) is 0 Å². The Labute approximate surface area is 132 Å². The van der Waals surface area contributed by atoms with Gasteiger partial charge in [-0.25, -0.2) is 0 Å². The van der Waals surface area contributed by atoms with Crippen LogP contribution in [0, 0.1) is 5.41 Å². The normalized spacial score (nSPS) is 12.6. The number of amides is 2. The molecule has 0 saturated heterocycles. The summed E-state index contributed by atoms with van der Waals surface area (Å²) in [6.45, 7) is 8.71. The van der Waals surface area contributed by atoms with Gasteiger partial charge in [0.1, 0.15) is 0 Å². The smallest absolute Gasteiger partial charge is 0.242 e. The van der Waals surface area contributed by atoms with Crippen LogP contribution in [-0.4, -0.2) is 35.8 Å². The number of hydrogen-bond acceptors (Lipinski definition) is 3. The van der Waals surface area contributed by atoms with Crippen molar-refractivity contribution in [1.82, 2.24) is 10.2 Å². The number of nitrogens with zero attached hydrogens (tertiary/aromatic N) is 1. The molecule has 122 valence electrons. The van der Waals surface area contributed by atoms with Crippen LogP contribution < -0.4 is 11.1 Å². The number of nitrogens with two attached hydrogens (primary N) is 1. The van der Waals surface area contributed by atoms with Gasteiger partial charge < -0.3 is 16.0 Å². The maximum atomic E-state index is 12.2. The van der Waals surface area contributed by atoms with Crippen LogP contribution in [0.15, 0.2) is 30.3 Å². The summed E-state index contributed by atoms with van der Waals surface area (Å²) in [6.07, 6.45) is 0. The lowest BCUT2D eigenvalue weighted by Gasteiger charge is -2.26. The Morgan fingerprint density at radius 3 is 2.32 bits per heavy atom. The van der Waals surface area contributed by atoms with Crippen LogP contribution in [0.2, 0.25) is 0 Å². The van der Waals surface area contributed by atoms with E-state index in [2.05, 4.69) is 5.32 Å². The summed E-state index contributed by atoms with van der Waals surface area (Å²) in [5, 5.41) is 2.63. The fourth-order valence-electron chi connectivity index (χ4n) is 1.96. The van der Waals surface area contributed by atoms with Gasteiger partial charge >= 0.3 is 0 Å². The van der Waals surface area contributed by atoms with Gasteiger partial charge in [-0.15, -0.1) is 0 Å². The summed E-state index contributed by atoms with van der Waals surface area (Å²) in [4.78, 5) is 25.9. The molecule has 0 fully saturated rings. The highest BCUT2D eigenvalue weighted by Gasteiger charge is 2.27. The fourth-order valence-corrected chi connectivity index (χ4v) is 1.96. The molecule has 3 N–H and O–H groups in total. The van der Waals surface area contributed by atoms with Crippen molar-refractivity contribution in [2.75, 3.05) is 13.1 Å². The van der Waals surface area contributed by atoms with Crippen LogP contribution in [0.3, 0.4) is 0 Å². The third-order valence-corrected chi connectivity index (χ3v) is 3.58. The maximum Gasteiger partial charge on any atom is 0.242 e. The topological polar surface area (TPSA) is 75.4 Å². The Kier molecular flexibility index (Phi) is 6.56. The quantitative estimate of drug-likeness (QED) is 0.837. The van der Waals surface area contributed by atoms with E-state index < -0.39 is 6.04 Å². The summed E-state index contributed by atoms with van der Waals surface area (Å²) in [5.74, 6) is -0.405. The number of hydrogen-bond donors (Lipinski definition) is 2. The molecule has 0 aliphatic carbocycles. The van der Waals surface area contributed by atoms with Crippen molar-refractivity contribution >= 4 is 11.8 Å². The minimum absolute atomic E-state index is 0.0245. The Morgan fingerprint density at radius 2 is 1.82 bits per heavy atom. The second-order valence-electron chi connectivity index (χ2n) is 6.46. The SMILES string of the molecule is CCN(Cc1ccccc1)C(=O)CNC(=O)[C@@H](N)C(C)(C)C. The molecule has 1 aromatic carbocycles. The van der Waals surface area contributed by atoms with Crippen LogP contribution in [0.25, 0.3) is 0 Å². The van der Waals surface area contributed by atoms with E-state index in [9.17, 15) is 9.59 Å². The zero-order valence-corrected chi connectivity index (χ0v) is 13.9. The molecule has 0 unspecified atom stereocenters. The van der Waals surface area contributed by atoms with E-state index in [-0.39, 0.29) is 23.8 Å². The first kappa shape index (κ1) is 18.2. The number of rotatable bonds is 6. The second kappa shape index (κ2) is 7.94. The molecule has 0 aliphatic rings. The predicted octanol–water partition coefficient (Wildman–Crippen LogP) is 1.52. The number of likely N-dealkylation sites (N-methyl/N-ethyl adjacent to an activating group) is 1. The van der Waals surface area contributed by atoms with Crippen molar-refractivity contribution in [3.05, 3.63) is 35.9 Å². The van der Waals surface area contributed by atoms with E-state index in [0.717, 1.165) is 5.56 Å². The van der Waals surface area contributed by atoms with Crippen LogP contribution in [0.1, 0.15) is 33.3 Å². The van der Waals surface area contributed by atoms with Gasteiger partial charge in [0, 0.05) is 13.1 Å². The van der Waals surface area contributed by atoms with Crippen molar-refractivity contribution in [3.63, 3.8) is 0 Å². The third-order valence-electron chi connectivity index (χ3n) is 3.58. The molecule has 0 aliphatic heterocycles. The molecule has 0 heterocycles. The van der Waals surface area contributed by atoms with Gasteiger partial charge in [0.15, 0.2) is 0 Å². The van der Waals surface area contributed by atoms with Crippen molar-refractivity contribution in [2.45, 2.75) is 40.3 Å². The minimum Gasteiger partial charge on any atom is -0.346 e. The third kappa shape index (κ3) is 5.48. The Balaban J connectivity index is 2.54. The minimum atomic E-state index is -0.635. The van der Waals surface area contributed by atoms with Gasteiger partial charge in [-0.3, -0.25) is 9.59 Å². The Hall–Kier alpha value is -1.88. The highest BCUT2D eigenvalue weighted by atomic mass is 16.2. The van der Waals surface area contributed by atoms with E-state index in [0.29, 0.717) is 13.1 Å². The maximum absolute atomic E-state index is 12.2. The molecule has 1 rings (SSSR count). The van der Waals surface area contributed by atoms with Gasteiger partial charge in [-0.1, -0.05) is 51.1 Å². The van der Waals surface area contributed by atoms with Gasteiger partial charge in [0.2, 0.25) is 11.8 Å². The van der Waals surface area contributed by atoms with Crippen molar-refractivity contribution in [1.29, 1.82) is 0 Å². The van der Waals surface area contributed by atoms with Crippen molar-refractivity contribution in [3.8, 4) is 0 Å². The van der Waals surface area contributed by atoms with Crippen molar-refractivity contribution < 1.29 is 9.59 Å². The number of carbonyl (C=O) groups is 2. The van der Waals surface area contributed by atoms with Crippen molar-refractivity contribution in [2.24, 2.45) is 11.1 Å². The lowest BCUT2D eigenvalue weighted by atomic mass is 9.87. The van der Waals surface area contributed by atoms with E-state index in [4.69, 9.17) is 5.73 Å². The molecule has 1 aromatic rings. The molecule has 0 aromatic heterocycles. The summed E-state index contributed by atoms with van der Waals surface area (Å²) in [6, 6.07) is 9.14. The highest BCUT2D eigenvalue weighted by Crippen LogP contribution is 2.17. The molecular formula is C17H27N3O2. The Bertz CT molecular complexity index is 494. The molecule has 0 spiro atoms. The van der Waals surface area contributed by atoms with E-state index in [1.807, 2.05) is 58.0 Å². The number of nitrogens with one attached hydrogen (secondary N) is 1.